The van der Waals surface area contributed by atoms with Crippen LogP contribution in [-0.2, 0) is 0 Å². The summed E-state index contributed by atoms with van der Waals surface area (Å²) >= 11 is 0. The number of carbonyl (C=O) groups excluding carboxylic acids is 1. The van der Waals surface area contributed by atoms with E-state index in [9.17, 15) is 4.79 Å². The van der Waals surface area contributed by atoms with E-state index >= 15 is 0 Å². The number of rotatable bonds is 5. The van der Waals surface area contributed by atoms with Crippen molar-refractivity contribution < 1.29 is 9.53 Å². The van der Waals surface area contributed by atoms with Crippen molar-refractivity contribution in [3.63, 3.8) is 0 Å². The summed E-state index contributed by atoms with van der Waals surface area (Å²) in [5.41, 5.74) is 2.32. The minimum atomic E-state index is -0.161. The van der Waals surface area contributed by atoms with Crippen LogP contribution in [-0.4, -0.2) is 23.0 Å². The smallest absolute Gasteiger partial charge is 0.252 e. The molecule has 0 bridgehead atoms. The first-order valence-electron chi connectivity index (χ1n) is 6.88. The van der Waals surface area contributed by atoms with Gasteiger partial charge in [-0.15, -0.1) is 0 Å². The van der Waals surface area contributed by atoms with Gasteiger partial charge in [-0.3, -0.25) is 9.78 Å². The summed E-state index contributed by atoms with van der Waals surface area (Å²) in [5.74, 6) is 0.259. The van der Waals surface area contributed by atoms with Crippen LogP contribution in [0, 0.1) is 6.92 Å². The number of hydrogen-bond acceptors (Lipinski definition) is 4. The predicted octanol–water partition coefficient (Wildman–Crippen LogP) is 2.67. The van der Waals surface area contributed by atoms with Gasteiger partial charge in [0.25, 0.3) is 5.91 Å². The van der Waals surface area contributed by atoms with Crippen molar-refractivity contribution in [3.05, 3.63) is 53.5 Å². The highest BCUT2D eigenvalue weighted by molar-refractivity contribution is 5.94. The lowest BCUT2D eigenvalue weighted by Crippen LogP contribution is -2.28. The van der Waals surface area contributed by atoms with Crippen molar-refractivity contribution in [2.45, 2.75) is 26.3 Å². The number of pyridine rings is 2. The largest absolute Gasteiger partial charge is 0.481 e. The number of methoxy groups -OCH3 is 1. The third-order valence-corrected chi connectivity index (χ3v) is 3.19. The molecule has 0 spiro atoms. The second kappa shape index (κ2) is 6.83. The molecule has 2 rings (SSSR count). The van der Waals surface area contributed by atoms with Crippen LogP contribution < -0.4 is 10.1 Å². The number of amides is 1. The normalized spacial score (nSPS) is 11.8. The third kappa shape index (κ3) is 3.78. The van der Waals surface area contributed by atoms with Crippen LogP contribution in [0.2, 0.25) is 0 Å². The van der Waals surface area contributed by atoms with E-state index in [1.807, 2.05) is 32.0 Å². The summed E-state index contributed by atoms with van der Waals surface area (Å²) in [7, 11) is 1.52. The number of aryl methyl sites for hydroxylation is 1. The highest BCUT2D eigenvalue weighted by Gasteiger charge is 2.16. The lowest BCUT2D eigenvalue weighted by molar-refractivity contribution is 0.0934. The minimum Gasteiger partial charge on any atom is -0.481 e. The topological polar surface area (TPSA) is 64.1 Å². The maximum atomic E-state index is 12.3. The van der Waals surface area contributed by atoms with Crippen molar-refractivity contribution >= 4 is 5.91 Å². The van der Waals surface area contributed by atoms with E-state index in [1.54, 1.807) is 18.3 Å². The van der Waals surface area contributed by atoms with Gasteiger partial charge >= 0.3 is 0 Å². The molecule has 5 heteroatoms. The van der Waals surface area contributed by atoms with Crippen LogP contribution >= 0.6 is 0 Å². The van der Waals surface area contributed by atoms with E-state index in [0.717, 1.165) is 17.8 Å². The summed E-state index contributed by atoms with van der Waals surface area (Å²) < 4.78 is 5.03. The molecule has 2 aromatic rings. The van der Waals surface area contributed by atoms with Crippen LogP contribution in [0.15, 0.2) is 36.5 Å². The summed E-state index contributed by atoms with van der Waals surface area (Å²) in [4.78, 5) is 20.8. The Morgan fingerprint density at radius 1 is 1.38 bits per heavy atom. The molecule has 0 saturated heterocycles. The molecule has 0 aliphatic rings. The zero-order valence-electron chi connectivity index (χ0n) is 12.5. The van der Waals surface area contributed by atoms with E-state index in [1.165, 1.54) is 7.11 Å². The first kappa shape index (κ1) is 15.0. The highest BCUT2D eigenvalue weighted by atomic mass is 16.5. The van der Waals surface area contributed by atoms with E-state index < -0.39 is 0 Å². The fourth-order valence-electron chi connectivity index (χ4n) is 2.05. The lowest BCUT2D eigenvalue weighted by Gasteiger charge is -2.17. The summed E-state index contributed by atoms with van der Waals surface area (Å²) in [6.45, 7) is 3.95. The summed E-state index contributed by atoms with van der Waals surface area (Å²) in [6, 6.07) is 8.97. The SMILES string of the molecule is CCC(NC(=O)c1ccnc(OC)c1)c1cccc(C)n1. The van der Waals surface area contributed by atoms with Gasteiger partial charge in [0.1, 0.15) is 0 Å². The second-order valence-electron chi connectivity index (χ2n) is 4.73. The fraction of sp³-hybridized carbons (Fsp3) is 0.312. The molecule has 0 aromatic carbocycles. The zero-order chi connectivity index (χ0) is 15.2. The molecule has 1 unspecified atom stereocenters. The Balaban J connectivity index is 2.16. The van der Waals surface area contributed by atoms with Crippen LogP contribution in [0.5, 0.6) is 5.88 Å². The van der Waals surface area contributed by atoms with Gasteiger partial charge in [0.2, 0.25) is 5.88 Å². The quantitative estimate of drug-likeness (QED) is 0.917. The average Bonchev–Trinajstić information content (AvgIpc) is 2.52. The van der Waals surface area contributed by atoms with Crippen LogP contribution in [0.25, 0.3) is 0 Å². The van der Waals surface area contributed by atoms with Gasteiger partial charge < -0.3 is 10.1 Å². The molecule has 1 atom stereocenters. The molecular weight excluding hydrogens is 266 g/mol. The molecule has 0 radical (unpaired) electrons. The van der Waals surface area contributed by atoms with Crippen molar-refractivity contribution in [3.8, 4) is 5.88 Å². The van der Waals surface area contributed by atoms with Gasteiger partial charge in [-0.2, -0.15) is 0 Å². The van der Waals surface area contributed by atoms with E-state index in [2.05, 4.69) is 15.3 Å². The number of ether oxygens (including phenoxy) is 1. The Hall–Kier alpha value is -2.43. The predicted molar refractivity (Wildman–Crippen MR) is 80.3 cm³/mol. The Bertz CT molecular complexity index is 628. The van der Waals surface area contributed by atoms with Crippen LogP contribution in [0.3, 0.4) is 0 Å². The van der Waals surface area contributed by atoms with E-state index in [0.29, 0.717) is 11.4 Å². The van der Waals surface area contributed by atoms with E-state index in [-0.39, 0.29) is 11.9 Å². The Labute approximate surface area is 124 Å². The standard InChI is InChI=1S/C16H19N3O2/c1-4-13(14-7-5-6-11(2)18-14)19-16(20)12-8-9-17-15(10-12)21-3/h5-10,13H,4H2,1-3H3,(H,19,20). The molecule has 1 amide bonds. The van der Waals surface area contributed by atoms with Crippen molar-refractivity contribution in [2.75, 3.05) is 7.11 Å². The second-order valence-corrected chi connectivity index (χ2v) is 4.73. The molecule has 0 fully saturated rings. The van der Waals surface area contributed by atoms with Crippen molar-refractivity contribution in [1.82, 2.24) is 15.3 Å². The number of carbonyl (C=O) groups is 1. The minimum absolute atomic E-state index is 0.114. The molecule has 2 aromatic heterocycles. The first-order valence-corrected chi connectivity index (χ1v) is 6.88. The first-order chi connectivity index (χ1) is 10.1. The molecule has 5 nitrogen and oxygen atoms in total. The number of hydrogen-bond donors (Lipinski definition) is 1. The molecule has 110 valence electrons. The molecular formula is C16H19N3O2. The Kier molecular flexibility index (Phi) is 4.87. The van der Waals surface area contributed by atoms with Gasteiger partial charge in [0, 0.05) is 23.5 Å². The average molecular weight is 285 g/mol. The zero-order valence-corrected chi connectivity index (χ0v) is 12.5. The molecule has 21 heavy (non-hydrogen) atoms. The van der Waals surface area contributed by atoms with Crippen LogP contribution in [0.1, 0.15) is 41.1 Å². The molecule has 1 N–H and O–H groups in total. The van der Waals surface area contributed by atoms with Gasteiger partial charge in [-0.05, 0) is 31.5 Å². The number of aromatic nitrogens is 2. The van der Waals surface area contributed by atoms with Gasteiger partial charge in [-0.25, -0.2) is 4.98 Å². The molecule has 0 aliphatic heterocycles. The van der Waals surface area contributed by atoms with Gasteiger partial charge in [0.15, 0.2) is 0 Å². The summed E-state index contributed by atoms with van der Waals surface area (Å²) in [5, 5.41) is 2.99. The monoisotopic (exact) mass is 285 g/mol. The maximum Gasteiger partial charge on any atom is 0.252 e. The lowest BCUT2D eigenvalue weighted by atomic mass is 10.1. The van der Waals surface area contributed by atoms with Crippen LogP contribution in [0.4, 0.5) is 0 Å². The summed E-state index contributed by atoms with van der Waals surface area (Å²) in [6.07, 6.45) is 2.32. The maximum absolute atomic E-state index is 12.3. The third-order valence-electron chi connectivity index (χ3n) is 3.19. The van der Waals surface area contributed by atoms with Gasteiger partial charge in [-0.1, -0.05) is 13.0 Å². The van der Waals surface area contributed by atoms with Crippen molar-refractivity contribution in [1.29, 1.82) is 0 Å². The molecule has 0 saturated carbocycles. The van der Waals surface area contributed by atoms with E-state index in [4.69, 9.17) is 4.74 Å². The highest BCUT2D eigenvalue weighted by Crippen LogP contribution is 2.16. The van der Waals surface area contributed by atoms with Gasteiger partial charge in [0.05, 0.1) is 18.8 Å². The molecule has 0 aliphatic carbocycles. The Morgan fingerprint density at radius 3 is 2.86 bits per heavy atom. The number of nitrogens with one attached hydrogen (secondary N) is 1. The van der Waals surface area contributed by atoms with Crippen molar-refractivity contribution in [2.24, 2.45) is 0 Å². The number of nitrogens with zero attached hydrogens (tertiary/aromatic N) is 2. The Morgan fingerprint density at radius 2 is 2.19 bits per heavy atom. The molecule has 2 heterocycles. The fourth-order valence-corrected chi connectivity index (χ4v) is 2.05.